The van der Waals surface area contributed by atoms with E-state index in [-0.39, 0.29) is 0 Å². The number of methoxy groups -OCH3 is 1. The van der Waals surface area contributed by atoms with E-state index in [1.54, 1.807) is 24.3 Å². The second-order valence-corrected chi connectivity index (χ2v) is 3.20. The van der Waals surface area contributed by atoms with E-state index in [4.69, 9.17) is 10.1 Å². The first kappa shape index (κ1) is 10.9. The average molecular weight is 235 g/mol. The molecule has 0 saturated carbocycles. The van der Waals surface area contributed by atoms with Crippen molar-refractivity contribution in [3.63, 3.8) is 0 Å². The molecule has 2 aromatic rings. The number of nitrogens with one attached hydrogen (secondary N) is 2. The van der Waals surface area contributed by atoms with Crippen LogP contribution in [-0.2, 0) is 0 Å². The molecule has 1 heterocycles. The molecule has 0 radical (unpaired) electrons. The van der Waals surface area contributed by atoms with Crippen LogP contribution in [0.15, 0.2) is 33.6 Å². The first-order valence-corrected chi connectivity index (χ1v) is 4.67. The highest BCUT2D eigenvalue weighted by Crippen LogP contribution is 2.11. The number of rotatable bonds is 3. The molecule has 88 valence electrons. The molecule has 0 aliphatic heterocycles. The van der Waals surface area contributed by atoms with Gasteiger partial charge in [-0.05, 0) is 16.0 Å². The molecule has 0 bridgehead atoms. The zero-order valence-corrected chi connectivity index (χ0v) is 8.89. The van der Waals surface area contributed by atoms with Crippen molar-refractivity contribution in [3.05, 3.63) is 40.4 Å². The minimum atomic E-state index is -1.12. The molecule has 0 aliphatic rings. The predicted octanol–water partition coefficient (Wildman–Crippen LogP) is -1.06. The Kier molecular flexibility index (Phi) is 2.65. The Bertz CT molecular complexity index is 614. The third-order valence-corrected chi connectivity index (χ3v) is 2.17. The van der Waals surface area contributed by atoms with E-state index < -0.39 is 17.2 Å². The molecule has 1 aromatic heterocycles. The van der Waals surface area contributed by atoms with Crippen molar-refractivity contribution in [2.75, 3.05) is 7.11 Å². The van der Waals surface area contributed by atoms with E-state index in [0.29, 0.717) is 11.4 Å². The van der Waals surface area contributed by atoms with E-state index in [9.17, 15) is 9.90 Å². The Hall–Kier alpha value is -2.57. The molecule has 0 spiro atoms. The van der Waals surface area contributed by atoms with E-state index in [1.165, 1.54) is 7.11 Å². The van der Waals surface area contributed by atoms with Gasteiger partial charge in [0.1, 0.15) is 5.75 Å². The maximum Gasteiger partial charge on any atom is 0.436 e. The molecule has 2 N–H and O–H groups in total. The molecule has 0 saturated heterocycles. The minimum Gasteiger partial charge on any atom is -0.854 e. The summed E-state index contributed by atoms with van der Waals surface area (Å²) in [5.41, 5.74) is -0.808. The molecule has 0 atom stereocenters. The Morgan fingerprint density at radius 2 is 2.35 bits per heavy atom. The lowest BCUT2D eigenvalue weighted by molar-refractivity contribution is -0.673. The van der Waals surface area contributed by atoms with Crippen LogP contribution in [0, 0.1) is 5.41 Å². The van der Waals surface area contributed by atoms with E-state index in [0.717, 1.165) is 4.68 Å². The summed E-state index contributed by atoms with van der Waals surface area (Å²) < 4.78 is 10.6. The number of H-pyrrole nitrogens is 1. The van der Waals surface area contributed by atoms with Gasteiger partial charge in [-0.1, -0.05) is 6.07 Å². The number of aromatic nitrogens is 2. The Morgan fingerprint density at radius 1 is 1.59 bits per heavy atom. The fourth-order valence-corrected chi connectivity index (χ4v) is 1.40. The van der Waals surface area contributed by atoms with Crippen LogP contribution in [0.2, 0.25) is 0 Å². The van der Waals surface area contributed by atoms with Crippen molar-refractivity contribution in [1.82, 2.24) is 5.27 Å². The predicted molar refractivity (Wildman–Crippen MR) is 54.2 cm³/mol. The molecule has 0 unspecified atom stereocenters. The second-order valence-electron chi connectivity index (χ2n) is 3.20. The van der Waals surface area contributed by atoms with Gasteiger partial charge in [0.05, 0.1) is 19.1 Å². The number of hydrogen-bond acceptors (Lipinski definition) is 5. The molecule has 2 rings (SSSR count). The second kappa shape index (κ2) is 4.12. The maximum absolute atomic E-state index is 11.2. The number of benzene rings is 1. The van der Waals surface area contributed by atoms with Gasteiger partial charge in [-0.2, -0.15) is 0 Å². The van der Waals surface area contributed by atoms with Gasteiger partial charge in [0.2, 0.25) is 5.69 Å². The maximum atomic E-state index is 11.2. The minimum absolute atomic E-state index is 0.391. The molecule has 7 heteroatoms. The molecule has 0 amide bonds. The largest absolute Gasteiger partial charge is 0.854 e. The van der Waals surface area contributed by atoms with E-state index >= 15 is 0 Å². The van der Waals surface area contributed by atoms with E-state index in [2.05, 4.69) is 9.79 Å². The first-order chi connectivity index (χ1) is 8.13. The number of hydrogen-bond donors (Lipinski definition) is 2. The highest BCUT2D eigenvalue weighted by atomic mass is 16.5. The standard InChI is InChI=1S/C10H9N3O4/c1-16-7-4-2-3-6(5-7)13-8(9(11)14)10(15)17-12-13/h2-5H,1H3,(H2-,11,12,14,15). The summed E-state index contributed by atoms with van der Waals surface area (Å²) in [6.45, 7) is 0. The van der Waals surface area contributed by atoms with Gasteiger partial charge < -0.3 is 15.3 Å². The van der Waals surface area contributed by atoms with Crippen LogP contribution in [0.4, 0.5) is 0 Å². The van der Waals surface area contributed by atoms with Crippen molar-refractivity contribution < 1.29 is 19.0 Å². The van der Waals surface area contributed by atoms with Crippen molar-refractivity contribution in [2.45, 2.75) is 0 Å². The normalized spacial score (nSPS) is 10.2. The van der Waals surface area contributed by atoms with Crippen LogP contribution in [0.3, 0.4) is 0 Å². The SMILES string of the molecule is COc1cccc(-[n+]2[nH]oc(=O)c2C(=N)[O-])c1. The van der Waals surface area contributed by atoms with Crippen molar-refractivity contribution in [1.29, 1.82) is 5.41 Å². The highest BCUT2D eigenvalue weighted by Gasteiger charge is 2.23. The monoisotopic (exact) mass is 235 g/mol. The third-order valence-electron chi connectivity index (χ3n) is 2.17. The molecule has 0 fully saturated rings. The van der Waals surface area contributed by atoms with Crippen LogP contribution < -0.4 is 20.2 Å². The van der Waals surface area contributed by atoms with Gasteiger partial charge in [0, 0.05) is 6.07 Å². The van der Waals surface area contributed by atoms with Gasteiger partial charge in [0.25, 0.3) is 0 Å². The van der Waals surface area contributed by atoms with Crippen molar-refractivity contribution in [2.24, 2.45) is 0 Å². The van der Waals surface area contributed by atoms with Gasteiger partial charge in [-0.3, -0.25) is 4.52 Å². The Morgan fingerprint density at radius 3 is 3.00 bits per heavy atom. The van der Waals surface area contributed by atoms with Crippen LogP contribution in [-0.4, -0.2) is 18.3 Å². The van der Waals surface area contributed by atoms with Gasteiger partial charge in [-0.15, -0.1) is 0 Å². The van der Waals surface area contributed by atoms with Gasteiger partial charge >= 0.3 is 11.3 Å². The molecule has 7 nitrogen and oxygen atoms in total. The van der Waals surface area contributed by atoms with Gasteiger partial charge in [-0.25, -0.2) is 4.79 Å². The molecule has 0 aliphatic carbocycles. The summed E-state index contributed by atoms with van der Waals surface area (Å²) in [5, 5.41) is 20.3. The molecule has 1 aromatic carbocycles. The Labute approximate surface area is 95.3 Å². The summed E-state index contributed by atoms with van der Waals surface area (Å²) in [4.78, 5) is 11.2. The van der Waals surface area contributed by atoms with E-state index in [1.807, 2.05) is 0 Å². The first-order valence-electron chi connectivity index (χ1n) is 4.67. The van der Waals surface area contributed by atoms with Crippen molar-refractivity contribution >= 4 is 5.90 Å². The lowest BCUT2D eigenvalue weighted by atomic mass is 10.3. The quantitative estimate of drug-likeness (QED) is 0.401. The number of ether oxygens (including phenoxy) is 1. The van der Waals surface area contributed by atoms with Crippen molar-refractivity contribution in [3.8, 4) is 11.4 Å². The summed E-state index contributed by atoms with van der Waals surface area (Å²) in [5.74, 6) is -0.566. The molecular formula is C10H9N3O4. The summed E-state index contributed by atoms with van der Waals surface area (Å²) in [7, 11) is 1.50. The number of nitrogens with zero attached hydrogens (tertiary/aromatic N) is 1. The third kappa shape index (κ3) is 1.89. The summed E-state index contributed by atoms with van der Waals surface area (Å²) >= 11 is 0. The van der Waals surface area contributed by atoms with Crippen LogP contribution in [0.1, 0.15) is 5.69 Å². The zero-order chi connectivity index (χ0) is 12.4. The Balaban J connectivity index is 2.60. The number of aromatic amines is 1. The zero-order valence-electron chi connectivity index (χ0n) is 8.89. The summed E-state index contributed by atoms with van der Waals surface area (Å²) in [6.07, 6.45) is 0. The lowest BCUT2D eigenvalue weighted by Crippen LogP contribution is -2.44. The molecule has 17 heavy (non-hydrogen) atoms. The average Bonchev–Trinajstić information content (AvgIpc) is 2.71. The fourth-order valence-electron chi connectivity index (χ4n) is 1.40. The van der Waals surface area contributed by atoms with Crippen LogP contribution >= 0.6 is 0 Å². The summed E-state index contributed by atoms with van der Waals surface area (Å²) in [6, 6.07) is 6.63. The highest BCUT2D eigenvalue weighted by molar-refractivity contribution is 5.83. The molecular weight excluding hydrogens is 226 g/mol. The van der Waals surface area contributed by atoms with Crippen LogP contribution in [0.5, 0.6) is 5.75 Å². The lowest BCUT2D eigenvalue weighted by Gasteiger charge is -2.00. The van der Waals surface area contributed by atoms with Crippen LogP contribution in [0.25, 0.3) is 5.69 Å². The topological polar surface area (TPSA) is 106 Å². The smallest absolute Gasteiger partial charge is 0.436 e. The fraction of sp³-hybridized carbons (Fsp3) is 0.100. The van der Waals surface area contributed by atoms with Gasteiger partial charge in [0.15, 0.2) is 0 Å².